The van der Waals surface area contributed by atoms with Crippen LogP contribution in [-0.2, 0) is 10.0 Å². The van der Waals surface area contributed by atoms with Gasteiger partial charge in [0, 0.05) is 10.0 Å². The van der Waals surface area contributed by atoms with Gasteiger partial charge in [-0.05, 0) is 45.8 Å². The Morgan fingerprint density at radius 3 is 2.00 bits per heavy atom. The van der Waals surface area contributed by atoms with Crippen molar-refractivity contribution in [2.45, 2.75) is 0 Å². The number of amides is 2. The summed E-state index contributed by atoms with van der Waals surface area (Å²) in [6, 6.07) is 21.7. The molecular formula is C21H18BrN3O3S. The number of nitrogens with two attached hydrogens (primary N) is 2. The molecule has 0 radical (unpaired) electrons. The Balaban J connectivity index is 2.27. The number of hydrogen-bond acceptors (Lipinski definition) is 3. The van der Waals surface area contributed by atoms with Gasteiger partial charge in [0.15, 0.2) is 0 Å². The van der Waals surface area contributed by atoms with Gasteiger partial charge >= 0.3 is 6.03 Å². The lowest BCUT2D eigenvalue weighted by Gasteiger charge is -2.25. The maximum atomic E-state index is 12.4. The van der Waals surface area contributed by atoms with Crippen LogP contribution in [0.3, 0.4) is 0 Å². The average Bonchev–Trinajstić information content (AvgIpc) is 2.68. The lowest BCUT2D eigenvalue weighted by molar-refractivity contribution is 0.256. The molecule has 0 fully saturated rings. The number of halogens is 1. The smallest absolute Gasteiger partial charge is 0.323 e. The Bertz CT molecular complexity index is 1180. The first-order valence-corrected chi connectivity index (χ1v) is 10.9. The summed E-state index contributed by atoms with van der Waals surface area (Å²) < 4.78 is 25.5. The van der Waals surface area contributed by atoms with Gasteiger partial charge in [0.2, 0.25) is 10.0 Å². The zero-order chi connectivity index (χ0) is 21.0. The molecule has 4 N–H and O–H groups in total. The van der Waals surface area contributed by atoms with E-state index in [1.54, 1.807) is 72.8 Å². The summed E-state index contributed by atoms with van der Waals surface area (Å²) in [5.74, 6) is 0. The molecule has 3 rings (SSSR count). The van der Waals surface area contributed by atoms with Crippen molar-refractivity contribution in [3.63, 3.8) is 0 Å². The number of carbonyl (C=O) groups excluding carboxylic acids is 1. The van der Waals surface area contributed by atoms with E-state index in [0.717, 1.165) is 0 Å². The molecule has 0 bridgehead atoms. The minimum absolute atomic E-state index is 0.127. The van der Waals surface area contributed by atoms with Gasteiger partial charge in [-0.1, -0.05) is 60.7 Å². The highest BCUT2D eigenvalue weighted by molar-refractivity contribution is 9.10. The number of hydrogen-bond donors (Lipinski definition) is 2. The number of rotatable bonds is 5. The first-order chi connectivity index (χ1) is 13.8. The second kappa shape index (κ2) is 8.60. The molecule has 0 atom stereocenters. The van der Waals surface area contributed by atoms with Gasteiger partial charge in [0.05, 0.1) is 16.3 Å². The largest absolute Gasteiger partial charge is 0.351 e. The Labute approximate surface area is 177 Å². The monoisotopic (exact) mass is 471 g/mol. The molecule has 6 nitrogen and oxygen atoms in total. The van der Waals surface area contributed by atoms with E-state index in [4.69, 9.17) is 10.9 Å². The standard InChI is InChI=1S/C21H18BrN3O3S/c22-17-11-5-7-13-19(17)25(21(23)26)18-12-6-4-10-16(18)20(29(24,27)28)14-15-8-2-1-3-9-15/h1-14H,(H2,23,26)(H2,24,27,28). The van der Waals surface area contributed by atoms with Crippen LogP contribution >= 0.6 is 15.9 Å². The van der Waals surface area contributed by atoms with E-state index in [-0.39, 0.29) is 10.5 Å². The van der Waals surface area contributed by atoms with Crippen LogP contribution in [0.4, 0.5) is 16.2 Å². The molecule has 0 saturated carbocycles. The molecule has 0 aliphatic rings. The third kappa shape index (κ3) is 4.73. The van der Waals surface area contributed by atoms with Gasteiger partial charge in [-0.25, -0.2) is 18.4 Å². The molecule has 0 aliphatic carbocycles. The zero-order valence-corrected chi connectivity index (χ0v) is 17.6. The lowest BCUT2D eigenvalue weighted by atomic mass is 10.1. The van der Waals surface area contributed by atoms with E-state index >= 15 is 0 Å². The first kappa shape index (κ1) is 20.8. The number of primary sulfonamides is 1. The van der Waals surface area contributed by atoms with E-state index in [1.807, 2.05) is 6.07 Å². The highest BCUT2D eigenvalue weighted by Crippen LogP contribution is 2.37. The summed E-state index contributed by atoms with van der Waals surface area (Å²) in [5.41, 5.74) is 7.34. The predicted octanol–water partition coefficient (Wildman–Crippen LogP) is 4.45. The van der Waals surface area contributed by atoms with Gasteiger partial charge in [0.1, 0.15) is 0 Å². The van der Waals surface area contributed by atoms with Crippen molar-refractivity contribution in [3.8, 4) is 0 Å². The van der Waals surface area contributed by atoms with Crippen molar-refractivity contribution in [2.75, 3.05) is 4.90 Å². The summed E-state index contributed by atoms with van der Waals surface area (Å²) in [6.45, 7) is 0. The number of primary amides is 1. The van der Waals surface area contributed by atoms with E-state index in [0.29, 0.717) is 21.4 Å². The molecular weight excluding hydrogens is 454 g/mol. The number of nitrogens with zero attached hydrogens (tertiary/aromatic N) is 1. The van der Waals surface area contributed by atoms with Crippen molar-refractivity contribution in [1.29, 1.82) is 0 Å². The number of urea groups is 1. The number of anilines is 2. The molecule has 0 aliphatic heterocycles. The quantitative estimate of drug-likeness (QED) is 0.536. The van der Waals surface area contributed by atoms with Crippen molar-refractivity contribution >= 4 is 54.3 Å². The maximum absolute atomic E-state index is 12.4. The molecule has 29 heavy (non-hydrogen) atoms. The van der Waals surface area contributed by atoms with Crippen molar-refractivity contribution in [2.24, 2.45) is 10.9 Å². The minimum atomic E-state index is -4.12. The van der Waals surface area contributed by atoms with Crippen LogP contribution in [0, 0.1) is 0 Å². The number of carbonyl (C=O) groups is 1. The summed E-state index contributed by atoms with van der Waals surface area (Å²) in [4.78, 5) is 13.5. The van der Waals surface area contributed by atoms with Crippen molar-refractivity contribution < 1.29 is 13.2 Å². The van der Waals surface area contributed by atoms with Crippen LogP contribution in [0.1, 0.15) is 11.1 Å². The van der Waals surface area contributed by atoms with Crippen LogP contribution in [0.15, 0.2) is 83.3 Å². The Morgan fingerprint density at radius 1 is 0.862 bits per heavy atom. The highest BCUT2D eigenvalue weighted by atomic mass is 79.9. The second-order valence-electron chi connectivity index (χ2n) is 6.11. The van der Waals surface area contributed by atoms with Gasteiger partial charge in [0.25, 0.3) is 0 Å². The molecule has 3 aromatic rings. The average molecular weight is 472 g/mol. The molecule has 8 heteroatoms. The predicted molar refractivity (Wildman–Crippen MR) is 120 cm³/mol. The summed E-state index contributed by atoms with van der Waals surface area (Å²) in [5, 5.41) is 5.53. The Hall–Kier alpha value is -2.94. The van der Waals surface area contributed by atoms with E-state index < -0.39 is 16.1 Å². The third-order valence-electron chi connectivity index (χ3n) is 4.13. The molecule has 0 aromatic heterocycles. The van der Waals surface area contributed by atoms with Crippen LogP contribution in [-0.4, -0.2) is 14.4 Å². The fraction of sp³-hybridized carbons (Fsp3) is 0. The molecule has 148 valence electrons. The summed E-state index contributed by atoms with van der Waals surface area (Å²) in [6.07, 6.45) is 1.47. The fourth-order valence-electron chi connectivity index (χ4n) is 2.89. The summed E-state index contributed by atoms with van der Waals surface area (Å²) >= 11 is 3.41. The van der Waals surface area contributed by atoms with Crippen LogP contribution in [0.25, 0.3) is 11.0 Å². The molecule has 0 saturated heterocycles. The lowest BCUT2D eigenvalue weighted by Crippen LogP contribution is -2.32. The summed E-state index contributed by atoms with van der Waals surface area (Å²) in [7, 11) is -4.12. The normalized spacial score (nSPS) is 11.9. The van der Waals surface area contributed by atoms with Crippen LogP contribution in [0.2, 0.25) is 0 Å². The maximum Gasteiger partial charge on any atom is 0.323 e. The Morgan fingerprint density at radius 2 is 1.41 bits per heavy atom. The van der Waals surface area contributed by atoms with Crippen LogP contribution in [0.5, 0.6) is 0 Å². The first-order valence-electron chi connectivity index (χ1n) is 8.52. The molecule has 0 unspecified atom stereocenters. The van der Waals surface area contributed by atoms with E-state index in [2.05, 4.69) is 15.9 Å². The number of benzene rings is 3. The SMILES string of the molecule is NC(=O)N(c1ccccc1Br)c1ccccc1C(=Cc1ccccc1)S(N)(=O)=O. The Kier molecular flexibility index (Phi) is 6.17. The number of sulfonamides is 1. The van der Waals surface area contributed by atoms with Gasteiger partial charge in [-0.2, -0.15) is 0 Å². The highest BCUT2D eigenvalue weighted by Gasteiger charge is 2.25. The minimum Gasteiger partial charge on any atom is -0.351 e. The van der Waals surface area contributed by atoms with E-state index in [9.17, 15) is 13.2 Å². The third-order valence-corrected chi connectivity index (χ3v) is 5.75. The van der Waals surface area contributed by atoms with Crippen LogP contribution < -0.4 is 15.8 Å². The van der Waals surface area contributed by atoms with Crippen molar-refractivity contribution in [1.82, 2.24) is 0 Å². The second-order valence-corrected chi connectivity index (χ2v) is 8.49. The molecule has 0 spiro atoms. The van der Waals surface area contributed by atoms with Gasteiger partial charge in [-0.15, -0.1) is 0 Å². The molecule has 3 aromatic carbocycles. The van der Waals surface area contributed by atoms with Gasteiger partial charge < -0.3 is 5.73 Å². The molecule has 2 amide bonds. The zero-order valence-electron chi connectivity index (χ0n) is 15.2. The van der Waals surface area contributed by atoms with Gasteiger partial charge in [-0.3, -0.25) is 4.90 Å². The fourth-order valence-corrected chi connectivity index (χ4v) is 4.13. The van der Waals surface area contributed by atoms with E-state index in [1.165, 1.54) is 11.0 Å². The molecule has 0 heterocycles. The topological polar surface area (TPSA) is 106 Å². The number of para-hydroxylation sites is 2. The van der Waals surface area contributed by atoms with Crippen molar-refractivity contribution in [3.05, 3.63) is 94.5 Å².